The Morgan fingerprint density at radius 3 is 2.83 bits per heavy atom. The van der Waals surface area contributed by atoms with Crippen molar-refractivity contribution in [1.82, 2.24) is 10.2 Å². The molecule has 0 unspecified atom stereocenters. The van der Waals surface area contributed by atoms with Crippen molar-refractivity contribution in [3.05, 3.63) is 57.4 Å². The Kier molecular flexibility index (Phi) is 4.52. The van der Waals surface area contributed by atoms with Crippen molar-refractivity contribution in [3.8, 4) is 0 Å². The van der Waals surface area contributed by atoms with E-state index in [1.54, 1.807) is 24.3 Å². The SMILES string of the molecule is CC(C)c1nnc(NC(=O)/C=C/c2coc3ccccc3c2=O)s1. The van der Waals surface area contributed by atoms with E-state index in [0.29, 0.717) is 21.7 Å². The maximum Gasteiger partial charge on any atom is 0.250 e. The molecule has 2 heterocycles. The van der Waals surface area contributed by atoms with Crippen LogP contribution in [0.3, 0.4) is 0 Å². The van der Waals surface area contributed by atoms with E-state index < -0.39 is 0 Å². The molecule has 0 aliphatic rings. The largest absolute Gasteiger partial charge is 0.463 e. The molecule has 7 heteroatoms. The topological polar surface area (TPSA) is 85.1 Å². The van der Waals surface area contributed by atoms with Crippen molar-refractivity contribution in [1.29, 1.82) is 0 Å². The average Bonchev–Trinajstić information content (AvgIpc) is 3.03. The molecule has 0 bridgehead atoms. The van der Waals surface area contributed by atoms with Gasteiger partial charge in [-0.05, 0) is 18.2 Å². The van der Waals surface area contributed by atoms with Crippen molar-refractivity contribution in [2.45, 2.75) is 19.8 Å². The maximum atomic E-state index is 12.3. The van der Waals surface area contributed by atoms with Gasteiger partial charge in [0.15, 0.2) is 5.43 Å². The Labute approximate surface area is 141 Å². The minimum Gasteiger partial charge on any atom is -0.463 e. The first-order valence-corrected chi connectivity index (χ1v) is 8.19. The van der Waals surface area contributed by atoms with Crippen LogP contribution in [0.15, 0.2) is 45.8 Å². The van der Waals surface area contributed by atoms with Crippen LogP contribution in [-0.4, -0.2) is 16.1 Å². The van der Waals surface area contributed by atoms with Crippen LogP contribution >= 0.6 is 11.3 Å². The zero-order chi connectivity index (χ0) is 17.1. The van der Waals surface area contributed by atoms with Gasteiger partial charge in [0.25, 0.3) is 0 Å². The van der Waals surface area contributed by atoms with Gasteiger partial charge >= 0.3 is 0 Å². The molecule has 122 valence electrons. The third kappa shape index (κ3) is 3.41. The number of fused-ring (bicyclic) bond motifs is 1. The van der Waals surface area contributed by atoms with E-state index in [9.17, 15) is 9.59 Å². The first kappa shape index (κ1) is 16.1. The predicted molar refractivity (Wildman–Crippen MR) is 94.1 cm³/mol. The standard InChI is InChI=1S/C17H15N3O3S/c1-10(2)16-19-20-17(24-16)18-14(21)8-7-11-9-23-13-6-4-3-5-12(13)15(11)22/h3-10H,1-2H3,(H,18,20,21)/b8-7+. The first-order chi connectivity index (χ1) is 11.5. The summed E-state index contributed by atoms with van der Waals surface area (Å²) in [5.74, 6) is -0.125. The molecular weight excluding hydrogens is 326 g/mol. The van der Waals surface area contributed by atoms with Gasteiger partial charge in [-0.25, -0.2) is 0 Å². The Morgan fingerprint density at radius 2 is 2.08 bits per heavy atom. The molecule has 3 aromatic rings. The molecule has 2 aromatic heterocycles. The molecule has 1 aromatic carbocycles. The summed E-state index contributed by atoms with van der Waals surface area (Å²) >= 11 is 1.33. The molecule has 0 aliphatic carbocycles. The monoisotopic (exact) mass is 341 g/mol. The van der Waals surface area contributed by atoms with Gasteiger partial charge in [-0.1, -0.05) is 37.3 Å². The molecule has 0 fully saturated rings. The van der Waals surface area contributed by atoms with Crippen LogP contribution in [0.1, 0.15) is 30.3 Å². The number of rotatable bonds is 4. The van der Waals surface area contributed by atoms with E-state index in [2.05, 4.69) is 15.5 Å². The number of amides is 1. The van der Waals surface area contributed by atoms with Crippen molar-refractivity contribution in [3.63, 3.8) is 0 Å². The Hall–Kier alpha value is -2.80. The zero-order valence-electron chi connectivity index (χ0n) is 13.1. The molecule has 0 aliphatic heterocycles. The van der Waals surface area contributed by atoms with E-state index in [0.717, 1.165) is 5.01 Å². The third-order valence-corrected chi connectivity index (χ3v) is 4.42. The number of nitrogens with zero attached hydrogens (tertiary/aromatic N) is 2. The number of carbonyl (C=O) groups excluding carboxylic acids is 1. The van der Waals surface area contributed by atoms with Crippen LogP contribution in [0.25, 0.3) is 17.0 Å². The Balaban J connectivity index is 1.76. The quantitative estimate of drug-likeness (QED) is 0.735. The number of nitrogens with one attached hydrogen (secondary N) is 1. The fraction of sp³-hybridized carbons (Fsp3) is 0.176. The molecule has 0 saturated heterocycles. The summed E-state index contributed by atoms with van der Waals surface area (Å²) in [6.45, 7) is 4.01. The second kappa shape index (κ2) is 6.76. The first-order valence-electron chi connectivity index (χ1n) is 7.37. The maximum absolute atomic E-state index is 12.3. The average molecular weight is 341 g/mol. The Morgan fingerprint density at radius 1 is 1.29 bits per heavy atom. The van der Waals surface area contributed by atoms with Gasteiger partial charge in [0.2, 0.25) is 11.0 Å². The van der Waals surface area contributed by atoms with Crippen molar-refractivity contribution in [2.75, 3.05) is 5.32 Å². The van der Waals surface area contributed by atoms with Crippen LogP contribution in [-0.2, 0) is 4.79 Å². The summed E-state index contributed by atoms with van der Waals surface area (Å²) in [7, 11) is 0. The van der Waals surface area contributed by atoms with Crippen LogP contribution < -0.4 is 10.7 Å². The fourth-order valence-electron chi connectivity index (χ4n) is 2.04. The van der Waals surface area contributed by atoms with E-state index in [-0.39, 0.29) is 17.3 Å². The van der Waals surface area contributed by atoms with E-state index in [4.69, 9.17) is 4.42 Å². The van der Waals surface area contributed by atoms with Crippen molar-refractivity contribution >= 4 is 39.4 Å². The summed E-state index contributed by atoms with van der Waals surface area (Å²) < 4.78 is 5.40. The molecule has 24 heavy (non-hydrogen) atoms. The van der Waals surface area contributed by atoms with Crippen LogP contribution in [0.4, 0.5) is 5.13 Å². The second-order valence-corrected chi connectivity index (χ2v) is 6.45. The van der Waals surface area contributed by atoms with Crippen molar-refractivity contribution in [2.24, 2.45) is 0 Å². The van der Waals surface area contributed by atoms with E-state index in [1.807, 2.05) is 13.8 Å². The van der Waals surface area contributed by atoms with Crippen LogP contribution in [0, 0.1) is 0 Å². The summed E-state index contributed by atoms with van der Waals surface area (Å²) in [4.78, 5) is 24.3. The summed E-state index contributed by atoms with van der Waals surface area (Å²) in [5, 5.41) is 12.3. The molecule has 0 spiro atoms. The summed E-state index contributed by atoms with van der Waals surface area (Å²) in [6.07, 6.45) is 4.05. The van der Waals surface area contributed by atoms with E-state index in [1.165, 1.54) is 29.8 Å². The van der Waals surface area contributed by atoms with Crippen LogP contribution in [0.2, 0.25) is 0 Å². The highest BCUT2D eigenvalue weighted by molar-refractivity contribution is 7.15. The lowest BCUT2D eigenvalue weighted by atomic mass is 10.1. The lowest BCUT2D eigenvalue weighted by Crippen LogP contribution is -2.09. The van der Waals surface area contributed by atoms with Gasteiger partial charge in [-0.2, -0.15) is 0 Å². The van der Waals surface area contributed by atoms with Gasteiger partial charge in [0, 0.05) is 12.0 Å². The molecular formula is C17H15N3O3S. The highest BCUT2D eigenvalue weighted by Gasteiger charge is 2.09. The lowest BCUT2D eigenvalue weighted by Gasteiger charge is -1.98. The fourth-order valence-corrected chi connectivity index (χ4v) is 2.79. The third-order valence-electron chi connectivity index (χ3n) is 3.29. The van der Waals surface area contributed by atoms with Gasteiger partial charge in [0.05, 0.1) is 10.9 Å². The molecule has 3 rings (SSSR count). The predicted octanol–water partition coefficient (Wildman–Crippen LogP) is 3.42. The Bertz CT molecular complexity index is 972. The summed E-state index contributed by atoms with van der Waals surface area (Å²) in [5.41, 5.74) is 0.641. The lowest BCUT2D eigenvalue weighted by molar-refractivity contribution is -0.111. The second-order valence-electron chi connectivity index (χ2n) is 5.44. The number of aromatic nitrogens is 2. The molecule has 1 amide bonds. The van der Waals surface area contributed by atoms with Gasteiger partial charge < -0.3 is 4.42 Å². The zero-order valence-corrected chi connectivity index (χ0v) is 14.0. The highest BCUT2D eigenvalue weighted by atomic mass is 32.1. The van der Waals surface area contributed by atoms with E-state index >= 15 is 0 Å². The summed E-state index contributed by atoms with van der Waals surface area (Å²) in [6, 6.07) is 6.97. The number of benzene rings is 1. The van der Waals surface area contributed by atoms with Crippen LogP contribution in [0.5, 0.6) is 0 Å². The molecule has 6 nitrogen and oxygen atoms in total. The number of anilines is 1. The normalized spacial score (nSPS) is 11.5. The number of carbonyl (C=O) groups is 1. The minimum atomic E-state index is -0.381. The highest BCUT2D eigenvalue weighted by Crippen LogP contribution is 2.22. The molecule has 0 radical (unpaired) electrons. The minimum absolute atomic E-state index is 0.182. The number of hydrogen-bond acceptors (Lipinski definition) is 6. The van der Waals surface area contributed by atoms with Crippen molar-refractivity contribution < 1.29 is 9.21 Å². The smallest absolute Gasteiger partial charge is 0.250 e. The molecule has 0 saturated carbocycles. The number of hydrogen-bond donors (Lipinski definition) is 1. The van der Waals surface area contributed by atoms with Gasteiger partial charge in [0.1, 0.15) is 16.9 Å². The molecule has 1 N–H and O–H groups in total. The molecule has 0 atom stereocenters. The van der Waals surface area contributed by atoms with Gasteiger partial charge in [-0.3, -0.25) is 14.9 Å². The van der Waals surface area contributed by atoms with Gasteiger partial charge in [-0.15, -0.1) is 10.2 Å². The number of para-hydroxylation sites is 1.